The molecule has 68 valence electrons. The highest BCUT2D eigenvalue weighted by molar-refractivity contribution is 5.83. The van der Waals surface area contributed by atoms with Gasteiger partial charge in [0.25, 0.3) is 0 Å². The molecule has 1 aliphatic heterocycles. The first kappa shape index (κ1) is 8.20. The third kappa shape index (κ3) is 1.27. The van der Waals surface area contributed by atoms with Crippen molar-refractivity contribution in [3.63, 3.8) is 0 Å². The summed E-state index contributed by atoms with van der Waals surface area (Å²) >= 11 is 0. The van der Waals surface area contributed by atoms with Crippen LogP contribution in [-0.2, 0) is 4.79 Å². The van der Waals surface area contributed by atoms with Crippen LogP contribution >= 0.6 is 0 Å². The molecule has 1 heterocycles. The van der Waals surface area contributed by atoms with Gasteiger partial charge in [-0.25, -0.2) is 0 Å². The van der Waals surface area contributed by atoms with Crippen molar-refractivity contribution >= 4 is 5.78 Å². The van der Waals surface area contributed by atoms with Crippen molar-refractivity contribution in [2.24, 2.45) is 5.92 Å². The number of fused-ring (bicyclic) bond motifs is 1. The quantitative estimate of drug-likeness (QED) is 0.540. The van der Waals surface area contributed by atoms with E-state index in [0.717, 1.165) is 25.8 Å². The second-order valence-electron chi connectivity index (χ2n) is 3.80. The zero-order valence-electron chi connectivity index (χ0n) is 7.12. The van der Waals surface area contributed by atoms with Gasteiger partial charge in [-0.2, -0.15) is 0 Å². The third-order valence-corrected chi connectivity index (χ3v) is 3.01. The highest BCUT2D eigenvalue weighted by atomic mass is 16.3. The number of aliphatic hydroxyl groups excluding tert-OH is 1. The van der Waals surface area contributed by atoms with Crippen LogP contribution in [0.1, 0.15) is 25.7 Å². The Hall–Kier alpha value is -0.410. The van der Waals surface area contributed by atoms with Gasteiger partial charge in [-0.15, -0.1) is 0 Å². The van der Waals surface area contributed by atoms with Gasteiger partial charge in [-0.1, -0.05) is 0 Å². The molecule has 3 unspecified atom stereocenters. The van der Waals surface area contributed by atoms with Crippen LogP contribution in [-0.4, -0.2) is 29.6 Å². The van der Waals surface area contributed by atoms with Crippen molar-refractivity contribution in [2.75, 3.05) is 6.54 Å². The molecule has 1 saturated heterocycles. The number of hydrogen-bond donors (Lipinski definition) is 2. The molecule has 12 heavy (non-hydrogen) atoms. The fourth-order valence-corrected chi connectivity index (χ4v) is 2.39. The Balaban J connectivity index is 2.12. The molecular formula is C9H15NO2. The molecule has 3 atom stereocenters. The van der Waals surface area contributed by atoms with E-state index in [1.54, 1.807) is 0 Å². The molecule has 0 aromatic heterocycles. The number of nitrogens with one attached hydrogen (secondary N) is 1. The zero-order valence-corrected chi connectivity index (χ0v) is 7.12. The number of carbonyl (C=O) groups is 1. The third-order valence-electron chi connectivity index (χ3n) is 3.01. The standard InChI is InChI=1S/C9H15NO2/c11-7-3-1-2-6-9(7)8(12)4-5-10-6/h6-7,9-11H,1-5H2. The molecule has 0 amide bonds. The van der Waals surface area contributed by atoms with Crippen molar-refractivity contribution in [3.8, 4) is 0 Å². The van der Waals surface area contributed by atoms with Crippen LogP contribution in [0.4, 0.5) is 0 Å². The van der Waals surface area contributed by atoms with Crippen LogP contribution < -0.4 is 5.32 Å². The summed E-state index contributed by atoms with van der Waals surface area (Å²) in [5.41, 5.74) is 0. The first-order valence-corrected chi connectivity index (χ1v) is 4.73. The Kier molecular flexibility index (Phi) is 2.15. The summed E-state index contributed by atoms with van der Waals surface area (Å²) in [6.45, 7) is 0.798. The first-order valence-electron chi connectivity index (χ1n) is 4.73. The van der Waals surface area contributed by atoms with E-state index in [1.807, 2.05) is 0 Å². The van der Waals surface area contributed by atoms with Crippen molar-refractivity contribution in [1.29, 1.82) is 0 Å². The van der Waals surface area contributed by atoms with Crippen molar-refractivity contribution in [2.45, 2.75) is 37.8 Å². The van der Waals surface area contributed by atoms with E-state index >= 15 is 0 Å². The van der Waals surface area contributed by atoms with Crippen molar-refractivity contribution in [1.82, 2.24) is 5.32 Å². The van der Waals surface area contributed by atoms with E-state index in [9.17, 15) is 9.90 Å². The van der Waals surface area contributed by atoms with Crippen LogP contribution in [0.15, 0.2) is 0 Å². The normalized spacial score (nSPS) is 42.4. The summed E-state index contributed by atoms with van der Waals surface area (Å²) in [7, 11) is 0. The molecule has 3 heteroatoms. The fourth-order valence-electron chi connectivity index (χ4n) is 2.39. The highest BCUT2D eigenvalue weighted by Crippen LogP contribution is 2.28. The molecule has 0 radical (unpaired) electrons. The van der Waals surface area contributed by atoms with E-state index in [0.29, 0.717) is 6.42 Å². The maximum Gasteiger partial charge on any atom is 0.141 e. The second kappa shape index (κ2) is 3.15. The first-order chi connectivity index (χ1) is 5.79. The summed E-state index contributed by atoms with van der Waals surface area (Å²) < 4.78 is 0. The number of piperidine rings is 1. The van der Waals surface area contributed by atoms with Crippen LogP contribution in [0.3, 0.4) is 0 Å². The monoisotopic (exact) mass is 169 g/mol. The van der Waals surface area contributed by atoms with Gasteiger partial charge >= 0.3 is 0 Å². The van der Waals surface area contributed by atoms with Gasteiger partial charge in [0.05, 0.1) is 12.0 Å². The zero-order chi connectivity index (χ0) is 8.55. The topological polar surface area (TPSA) is 49.3 Å². The van der Waals surface area contributed by atoms with E-state index < -0.39 is 0 Å². The van der Waals surface area contributed by atoms with Crippen molar-refractivity contribution in [3.05, 3.63) is 0 Å². The summed E-state index contributed by atoms with van der Waals surface area (Å²) in [5.74, 6) is 0.151. The van der Waals surface area contributed by atoms with Gasteiger partial charge in [0.15, 0.2) is 0 Å². The number of aliphatic hydroxyl groups is 1. The van der Waals surface area contributed by atoms with Gasteiger partial charge in [-0.05, 0) is 19.3 Å². The van der Waals surface area contributed by atoms with Gasteiger partial charge in [0, 0.05) is 19.0 Å². The number of rotatable bonds is 0. The molecule has 0 aromatic carbocycles. The van der Waals surface area contributed by atoms with Crippen LogP contribution in [0.2, 0.25) is 0 Å². The summed E-state index contributed by atoms with van der Waals surface area (Å²) in [5, 5.41) is 12.9. The SMILES string of the molecule is O=C1CCNC2CCCC(O)C12. The molecule has 1 aliphatic carbocycles. The Morgan fingerprint density at radius 3 is 3.00 bits per heavy atom. The number of Topliss-reactive ketones (excluding diaryl/α,β-unsaturated/α-hetero) is 1. The van der Waals surface area contributed by atoms with Crippen molar-refractivity contribution < 1.29 is 9.90 Å². The lowest BCUT2D eigenvalue weighted by Gasteiger charge is -2.38. The highest BCUT2D eigenvalue weighted by Gasteiger charge is 2.38. The maximum atomic E-state index is 11.4. The van der Waals surface area contributed by atoms with E-state index in [-0.39, 0.29) is 23.8 Å². The molecule has 0 spiro atoms. The van der Waals surface area contributed by atoms with Crippen LogP contribution in [0.25, 0.3) is 0 Å². The Morgan fingerprint density at radius 2 is 2.25 bits per heavy atom. The smallest absolute Gasteiger partial charge is 0.141 e. The van der Waals surface area contributed by atoms with E-state index in [2.05, 4.69) is 5.32 Å². The summed E-state index contributed by atoms with van der Waals surface area (Å²) in [6, 6.07) is 0.259. The van der Waals surface area contributed by atoms with E-state index in [1.165, 1.54) is 0 Å². The minimum atomic E-state index is -0.385. The average Bonchev–Trinajstić information content (AvgIpc) is 2.04. The summed E-state index contributed by atoms with van der Waals surface area (Å²) in [6.07, 6.45) is 3.10. The lowest BCUT2D eigenvalue weighted by atomic mass is 9.77. The predicted octanol–water partition coefficient (Wildman–Crippen LogP) is 0.0784. The molecule has 2 aliphatic rings. The lowest BCUT2D eigenvalue weighted by molar-refractivity contribution is -0.131. The maximum absolute atomic E-state index is 11.4. The number of ketones is 1. The van der Waals surface area contributed by atoms with Crippen LogP contribution in [0.5, 0.6) is 0 Å². The Labute approximate surface area is 72.2 Å². The molecule has 2 fully saturated rings. The second-order valence-corrected chi connectivity index (χ2v) is 3.80. The molecule has 0 bridgehead atoms. The number of carbonyl (C=O) groups excluding carboxylic acids is 1. The van der Waals surface area contributed by atoms with E-state index in [4.69, 9.17) is 0 Å². The van der Waals surface area contributed by atoms with Gasteiger partial charge in [0.1, 0.15) is 5.78 Å². The van der Waals surface area contributed by atoms with Gasteiger partial charge in [-0.3, -0.25) is 4.79 Å². The molecule has 1 saturated carbocycles. The Bertz CT molecular complexity index is 191. The number of hydrogen-bond acceptors (Lipinski definition) is 3. The predicted molar refractivity (Wildman–Crippen MR) is 44.8 cm³/mol. The summed E-state index contributed by atoms with van der Waals surface area (Å²) in [4.78, 5) is 11.4. The minimum Gasteiger partial charge on any atom is -0.392 e. The molecule has 2 rings (SSSR count). The fraction of sp³-hybridized carbons (Fsp3) is 0.889. The van der Waals surface area contributed by atoms with Crippen LogP contribution in [0, 0.1) is 5.92 Å². The van der Waals surface area contributed by atoms with Gasteiger partial charge in [0.2, 0.25) is 0 Å². The molecule has 3 nitrogen and oxygen atoms in total. The molecule has 2 N–H and O–H groups in total. The largest absolute Gasteiger partial charge is 0.392 e. The minimum absolute atomic E-state index is 0.104. The lowest BCUT2D eigenvalue weighted by Crippen LogP contribution is -2.53. The Morgan fingerprint density at radius 1 is 1.42 bits per heavy atom. The molecule has 0 aromatic rings. The van der Waals surface area contributed by atoms with Gasteiger partial charge < -0.3 is 10.4 Å². The average molecular weight is 169 g/mol. The molecular weight excluding hydrogens is 154 g/mol.